The van der Waals surface area contributed by atoms with Gasteiger partial charge in [-0.2, -0.15) is 0 Å². The van der Waals surface area contributed by atoms with Crippen molar-refractivity contribution in [2.75, 3.05) is 5.32 Å². The van der Waals surface area contributed by atoms with E-state index in [0.29, 0.717) is 18.0 Å². The Bertz CT molecular complexity index is 262. The van der Waals surface area contributed by atoms with Crippen LogP contribution in [-0.2, 0) is 0 Å². The van der Waals surface area contributed by atoms with Gasteiger partial charge < -0.3 is 11.1 Å². The molecule has 0 spiro atoms. The monoisotopic (exact) mass is 178 g/mol. The van der Waals surface area contributed by atoms with E-state index in [1.54, 1.807) is 12.4 Å². The molecule has 1 aromatic heterocycles. The van der Waals surface area contributed by atoms with Gasteiger partial charge in [0.25, 0.3) is 0 Å². The topological polar surface area (TPSA) is 63.8 Å². The fourth-order valence-corrected chi connectivity index (χ4v) is 1.70. The lowest BCUT2D eigenvalue weighted by Gasteiger charge is -2.10. The molecular weight excluding hydrogens is 164 g/mol. The van der Waals surface area contributed by atoms with Crippen molar-refractivity contribution in [3.05, 3.63) is 18.5 Å². The second-order valence-corrected chi connectivity index (χ2v) is 3.49. The first-order valence-corrected chi connectivity index (χ1v) is 4.64. The third kappa shape index (κ3) is 2.15. The molecule has 0 aliphatic heterocycles. The molecule has 1 saturated carbocycles. The fourth-order valence-electron chi connectivity index (χ4n) is 1.70. The zero-order valence-corrected chi connectivity index (χ0v) is 7.48. The normalized spacial score (nSPS) is 27.5. The average Bonchev–Trinajstić information content (AvgIpc) is 2.53. The van der Waals surface area contributed by atoms with Crippen molar-refractivity contribution < 1.29 is 0 Å². The molecule has 0 aromatic carbocycles. The molecule has 4 nitrogen and oxygen atoms in total. The van der Waals surface area contributed by atoms with Crippen LogP contribution in [0.1, 0.15) is 19.3 Å². The van der Waals surface area contributed by atoms with Gasteiger partial charge in [-0.3, -0.25) is 0 Å². The second-order valence-electron chi connectivity index (χ2n) is 3.49. The van der Waals surface area contributed by atoms with E-state index in [2.05, 4.69) is 15.3 Å². The van der Waals surface area contributed by atoms with Crippen molar-refractivity contribution >= 4 is 5.95 Å². The maximum absolute atomic E-state index is 5.80. The highest BCUT2D eigenvalue weighted by atomic mass is 15.1. The third-order valence-electron chi connectivity index (χ3n) is 2.37. The third-order valence-corrected chi connectivity index (χ3v) is 2.37. The van der Waals surface area contributed by atoms with Crippen molar-refractivity contribution in [1.29, 1.82) is 0 Å². The first kappa shape index (κ1) is 8.44. The van der Waals surface area contributed by atoms with Crippen LogP contribution in [0.15, 0.2) is 18.5 Å². The lowest BCUT2D eigenvalue weighted by Crippen LogP contribution is -2.21. The molecule has 0 unspecified atom stereocenters. The summed E-state index contributed by atoms with van der Waals surface area (Å²) >= 11 is 0. The van der Waals surface area contributed by atoms with Crippen LogP contribution in [0, 0.1) is 0 Å². The highest BCUT2D eigenvalue weighted by Crippen LogP contribution is 2.19. The molecule has 0 bridgehead atoms. The maximum Gasteiger partial charge on any atom is 0.222 e. The molecule has 0 amide bonds. The number of nitrogens with two attached hydrogens (primary N) is 1. The Kier molecular flexibility index (Phi) is 2.40. The van der Waals surface area contributed by atoms with E-state index in [4.69, 9.17) is 5.73 Å². The van der Waals surface area contributed by atoms with Gasteiger partial charge in [0, 0.05) is 24.5 Å². The summed E-state index contributed by atoms with van der Waals surface area (Å²) in [6.45, 7) is 0. The van der Waals surface area contributed by atoms with E-state index in [0.717, 1.165) is 19.3 Å². The minimum Gasteiger partial charge on any atom is -0.351 e. The standard InChI is InChI=1S/C9H14N4/c10-7-2-3-8(6-7)13-9-11-4-1-5-12-9/h1,4-5,7-8H,2-3,6,10H2,(H,11,12,13)/t7-,8-/m0/s1. The predicted molar refractivity (Wildman–Crippen MR) is 51.3 cm³/mol. The molecule has 2 rings (SSSR count). The highest BCUT2D eigenvalue weighted by molar-refractivity contribution is 5.24. The molecule has 1 heterocycles. The van der Waals surface area contributed by atoms with Crippen molar-refractivity contribution in [2.45, 2.75) is 31.3 Å². The molecule has 2 atom stereocenters. The summed E-state index contributed by atoms with van der Waals surface area (Å²) in [5.41, 5.74) is 5.80. The van der Waals surface area contributed by atoms with Crippen LogP contribution in [0.3, 0.4) is 0 Å². The molecule has 1 aliphatic carbocycles. The summed E-state index contributed by atoms with van der Waals surface area (Å²) in [5, 5.41) is 3.27. The lowest BCUT2D eigenvalue weighted by molar-refractivity contribution is 0.685. The summed E-state index contributed by atoms with van der Waals surface area (Å²) in [5.74, 6) is 0.710. The van der Waals surface area contributed by atoms with E-state index in [1.165, 1.54) is 0 Å². The highest BCUT2D eigenvalue weighted by Gasteiger charge is 2.21. The van der Waals surface area contributed by atoms with Crippen LogP contribution in [0.2, 0.25) is 0 Å². The van der Waals surface area contributed by atoms with E-state index >= 15 is 0 Å². The summed E-state index contributed by atoms with van der Waals surface area (Å²) in [7, 11) is 0. The SMILES string of the molecule is N[C@H]1CC[C@H](Nc2ncccn2)C1. The van der Waals surface area contributed by atoms with Crippen LogP contribution in [0.5, 0.6) is 0 Å². The average molecular weight is 178 g/mol. The number of rotatable bonds is 2. The number of nitrogens with one attached hydrogen (secondary N) is 1. The molecule has 4 heteroatoms. The van der Waals surface area contributed by atoms with Gasteiger partial charge in [0.2, 0.25) is 5.95 Å². The molecule has 0 radical (unpaired) electrons. The minimum absolute atomic E-state index is 0.348. The fraction of sp³-hybridized carbons (Fsp3) is 0.556. The summed E-state index contributed by atoms with van der Waals surface area (Å²) in [6.07, 6.45) is 6.73. The van der Waals surface area contributed by atoms with Crippen LogP contribution in [0.4, 0.5) is 5.95 Å². The van der Waals surface area contributed by atoms with E-state index < -0.39 is 0 Å². The summed E-state index contributed by atoms with van der Waals surface area (Å²) in [4.78, 5) is 8.21. The smallest absolute Gasteiger partial charge is 0.222 e. The Labute approximate surface area is 77.6 Å². The van der Waals surface area contributed by atoms with Crippen LogP contribution in [0.25, 0.3) is 0 Å². The molecule has 1 aliphatic rings. The Balaban J connectivity index is 1.92. The Morgan fingerprint density at radius 2 is 2.08 bits per heavy atom. The Morgan fingerprint density at radius 1 is 1.31 bits per heavy atom. The zero-order valence-electron chi connectivity index (χ0n) is 7.48. The van der Waals surface area contributed by atoms with Crippen LogP contribution in [-0.4, -0.2) is 22.1 Å². The molecular formula is C9H14N4. The Hall–Kier alpha value is -1.16. The Morgan fingerprint density at radius 3 is 2.69 bits per heavy atom. The number of aromatic nitrogens is 2. The van der Waals surface area contributed by atoms with Gasteiger partial charge in [0.1, 0.15) is 0 Å². The quantitative estimate of drug-likeness (QED) is 0.702. The van der Waals surface area contributed by atoms with E-state index in [-0.39, 0.29) is 0 Å². The molecule has 1 aromatic rings. The molecule has 13 heavy (non-hydrogen) atoms. The number of nitrogens with zero attached hydrogens (tertiary/aromatic N) is 2. The first-order chi connectivity index (χ1) is 6.34. The van der Waals surface area contributed by atoms with Crippen LogP contribution < -0.4 is 11.1 Å². The van der Waals surface area contributed by atoms with Gasteiger partial charge >= 0.3 is 0 Å². The molecule has 3 N–H and O–H groups in total. The maximum atomic E-state index is 5.80. The van der Waals surface area contributed by atoms with Crippen molar-refractivity contribution in [3.8, 4) is 0 Å². The van der Waals surface area contributed by atoms with Gasteiger partial charge in [0.05, 0.1) is 0 Å². The van der Waals surface area contributed by atoms with Gasteiger partial charge in [-0.15, -0.1) is 0 Å². The van der Waals surface area contributed by atoms with E-state index in [9.17, 15) is 0 Å². The largest absolute Gasteiger partial charge is 0.351 e. The van der Waals surface area contributed by atoms with Gasteiger partial charge in [-0.1, -0.05) is 0 Å². The van der Waals surface area contributed by atoms with E-state index in [1.807, 2.05) is 6.07 Å². The van der Waals surface area contributed by atoms with Crippen molar-refractivity contribution in [1.82, 2.24) is 9.97 Å². The zero-order chi connectivity index (χ0) is 9.10. The van der Waals surface area contributed by atoms with Crippen LogP contribution >= 0.6 is 0 Å². The van der Waals surface area contributed by atoms with Crippen molar-refractivity contribution in [2.24, 2.45) is 5.73 Å². The van der Waals surface area contributed by atoms with Gasteiger partial charge in [-0.25, -0.2) is 9.97 Å². The number of hydrogen-bond donors (Lipinski definition) is 2. The van der Waals surface area contributed by atoms with Gasteiger partial charge in [0.15, 0.2) is 0 Å². The first-order valence-electron chi connectivity index (χ1n) is 4.64. The predicted octanol–water partition coefficient (Wildman–Crippen LogP) is 0.768. The van der Waals surface area contributed by atoms with Gasteiger partial charge in [-0.05, 0) is 25.3 Å². The summed E-state index contributed by atoms with van der Waals surface area (Å²) in [6, 6.07) is 2.62. The molecule has 1 fully saturated rings. The minimum atomic E-state index is 0.348. The molecule has 70 valence electrons. The number of anilines is 1. The number of hydrogen-bond acceptors (Lipinski definition) is 4. The summed E-state index contributed by atoms with van der Waals surface area (Å²) < 4.78 is 0. The second kappa shape index (κ2) is 3.70. The molecule has 0 saturated heterocycles. The lowest BCUT2D eigenvalue weighted by atomic mass is 10.2. The van der Waals surface area contributed by atoms with Crippen molar-refractivity contribution in [3.63, 3.8) is 0 Å².